The lowest BCUT2D eigenvalue weighted by Gasteiger charge is -2.28. The first-order chi connectivity index (χ1) is 16.8. The average molecular weight is 495 g/mol. The molecular formula is C26H30N4O4S. The van der Waals surface area contributed by atoms with E-state index in [9.17, 15) is 13.2 Å². The number of nitrogens with zero attached hydrogens (tertiary/aromatic N) is 3. The van der Waals surface area contributed by atoms with Crippen LogP contribution in [-0.2, 0) is 21.7 Å². The summed E-state index contributed by atoms with van der Waals surface area (Å²) in [6.45, 7) is 1.38. The molecule has 1 aromatic heterocycles. The third-order valence-corrected chi connectivity index (χ3v) is 8.18. The zero-order chi connectivity index (χ0) is 24.8. The van der Waals surface area contributed by atoms with Crippen LogP contribution in [0.5, 0.6) is 5.75 Å². The van der Waals surface area contributed by atoms with Crippen LogP contribution in [0.3, 0.4) is 0 Å². The Kier molecular flexibility index (Phi) is 5.93. The second-order valence-electron chi connectivity index (χ2n) is 9.40. The molecule has 0 atom stereocenters. The summed E-state index contributed by atoms with van der Waals surface area (Å²) >= 11 is 0. The zero-order valence-corrected chi connectivity index (χ0v) is 21.1. The number of amides is 1. The topological polar surface area (TPSA) is 93.5 Å². The molecule has 1 amide bonds. The second-order valence-corrected chi connectivity index (χ2v) is 11.3. The highest BCUT2D eigenvalue weighted by molar-refractivity contribution is 7.90. The Morgan fingerprint density at radius 3 is 2.29 bits per heavy atom. The fraction of sp³-hybridized carbons (Fsp3) is 0.385. The molecule has 35 heavy (non-hydrogen) atoms. The number of nitrogens with one attached hydrogen (secondary N) is 1. The normalized spacial score (nSPS) is 16.8. The molecule has 1 aliphatic heterocycles. The highest BCUT2D eigenvalue weighted by Crippen LogP contribution is 2.51. The average Bonchev–Trinajstić information content (AvgIpc) is 3.54. The number of anilines is 1. The summed E-state index contributed by atoms with van der Waals surface area (Å²) in [6.07, 6.45) is 5.02. The van der Waals surface area contributed by atoms with Crippen LogP contribution in [0.25, 0.3) is 5.69 Å². The molecule has 0 unspecified atom stereocenters. The number of carbonyl (C=O) groups excluding carboxylic acids is 1. The first kappa shape index (κ1) is 23.6. The van der Waals surface area contributed by atoms with E-state index in [4.69, 9.17) is 4.74 Å². The van der Waals surface area contributed by atoms with Crippen LogP contribution in [0, 0.1) is 0 Å². The van der Waals surface area contributed by atoms with Crippen molar-refractivity contribution in [3.05, 3.63) is 65.4 Å². The number of sulfone groups is 1. The van der Waals surface area contributed by atoms with E-state index in [0.717, 1.165) is 24.9 Å². The summed E-state index contributed by atoms with van der Waals surface area (Å²) in [5.74, 6) is 0.405. The van der Waals surface area contributed by atoms with Crippen LogP contribution in [-0.4, -0.2) is 57.6 Å². The predicted octanol–water partition coefficient (Wildman–Crippen LogP) is 3.13. The number of benzene rings is 2. The van der Waals surface area contributed by atoms with Gasteiger partial charge in [0.2, 0.25) is 0 Å². The van der Waals surface area contributed by atoms with Gasteiger partial charge in [0.1, 0.15) is 11.4 Å². The van der Waals surface area contributed by atoms with Gasteiger partial charge in [0.25, 0.3) is 5.91 Å². The lowest BCUT2D eigenvalue weighted by atomic mass is 9.92. The summed E-state index contributed by atoms with van der Waals surface area (Å²) < 4.78 is 31.7. The quantitative estimate of drug-likeness (QED) is 0.517. The van der Waals surface area contributed by atoms with Crippen LogP contribution in [0.2, 0.25) is 0 Å². The molecule has 2 aliphatic rings. The Morgan fingerprint density at radius 1 is 1.06 bits per heavy atom. The van der Waals surface area contributed by atoms with Crippen molar-refractivity contribution in [1.29, 1.82) is 0 Å². The van der Waals surface area contributed by atoms with E-state index in [-0.39, 0.29) is 16.3 Å². The molecule has 2 heterocycles. The third-order valence-electron chi connectivity index (χ3n) is 7.15. The molecule has 0 bridgehead atoms. The molecule has 1 aliphatic carbocycles. The minimum absolute atomic E-state index is 0.0353. The molecule has 2 aromatic carbocycles. The maximum absolute atomic E-state index is 13.7. The van der Waals surface area contributed by atoms with Gasteiger partial charge in [-0.25, -0.2) is 13.1 Å². The van der Waals surface area contributed by atoms with Crippen LogP contribution in [0.1, 0.15) is 40.9 Å². The molecule has 1 N–H and O–H groups in total. The van der Waals surface area contributed by atoms with E-state index >= 15 is 0 Å². The van der Waals surface area contributed by atoms with Crippen molar-refractivity contribution >= 4 is 21.4 Å². The van der Waals surface area contributed by atoms with Crippen LogP contribution < -0.4 is 15.0 Å². The van der Waals surface area contributed by atoms with Gasteiger partial charge in [-0.2, -0.15) is 5.10 Å². The molecule has 1 fully saturated rings. The number of rotatable bonds is 8. The fourth-order valence-electron chi connectivity index (χ4n) is 4.98. The van der Waals surface area contributed by atoms with E-state index in [1.54, 1.807) is 36.3 Å². The Bertz CT molecular complexity index is 1360. The smallest absolute Gasteiger partial charge is 0.277 e. The van der Waals surface area contributed by atoms with Crippen molar-refractivity contribution in [2.45, 2.75) is 36.1 Å². The largest absolute Gasteiger partial charge is 0.497 e. The van der Waals surface area contributed by atoms with Gasteiger partial charge in [-0.15, -0.1) is 0 Å². The van der Waals surface area contributed by atoms with Crippen LogP contribution >= 0.6 is 0 Å². The maximum atomic E-state index is 13.7. The summed E-state index contributed by atoms with van der Waals surface area (Å²) in [7, 11) is -0.0573. The number of fused-ring (bicyclic) bond motifs is 1. The Labute approximate surface area is 205 Å². The number of hydrogen-bond acceptors (Lipinski definition) is 6. The number of aromatic nitrogens is 2. The number of ether oxygens (including phenoxy) is 1. The van der Waals surface area contributed by atoms with E-state index in [2.05, 4.69) is 22.5 Å². The van der Waals surface area contributed by atoms with E-state index in [0.29, 0.717) is 35.7 Å². The SMILES string of the molecule is CNCCC1(c2ccc(N3CCc4c(S(C)(=O)=O)nn(-c5ccc(OC)cc5)c4C3=O)cc2)CC1. The molecule has 3 aromatic rings. The Hall–Kier alpha value is -3.17. The van der Waals surface area contributed by atoms with Crippen molar-refractivity contribution in [3.8, 4) is 11.4 Å². The number of carbonyl (C=O) groups is 1. The molecule has 0 saturated heterocycles. The van der Waals surface area contributed by atoms with Gasteiger partial charge >= 0.3 is 0 Å². The van der Waals surface area contributed by atoms with Gasteiger partial charge in [-0.3, -0.25) is 4.79 Å². The highest BCUT2D eigenvalue weighted by atomic mass is 32.2. The van der Waals surface area contributed by atoms with E-state index < -0.39 is 9.84 Å². The van der Waals surface area contributed by atoms with Gasteiger partial charge < -0.3 is 15.0 Å². The molecular weight excluding hydrogens is 464 g/mol. The minimum Gasteiger partial charge on any atom is -0.497 e. The van der Waals surface area contributed by atoms with Gasteiger partial charge in [0.05, 0.1) is 12.8 Å². The van der Waals surface area contributed by atoms with Gasteiger partial charge in [0.15, 0.2) is 14.9 Å². The molecule has 184 valence electrons. The predicted molar refractivity (Wildman–Crippen MR) is 135 cm³/mol. The highest BCUT2D eigenvalue weighted by Gasteiger charge is 2.43. The van der Waals surface area contributed by atoms with Crippen molar-refractivity contribution < 1.29 is 17.9 Å². The Balaban J connectivity index is 1.51. The van der Waals surface area contributed by atoms with Crippen LogP contribution in [0.15, 0.2) is 53.6 Å². The second kappa shape index (κ2) is 8.80. The Morgan fingerprint density at radius 2 is 1.71 bits per heavy atom. The summed E-state index contributed by atoms with van der Waals surface area (Å²) in [5.41, 5.74) is 3.73. The summed E-state index contributed by atoms with van der Waals surface area (Å²) in [5, 5.41) is 7.59. The van der Waals surface area contributed by atoms with Gasteiger partial charge in [-0.05, 0) is 86.7 Å². The minimum atomic E-state index is -3.61. The van der Waals surface area contributed by atoms with Gasteiger partial charge in [-0.1, -0.05) is 12.1 Å². The monoisotopic (exact) mass is 494 g/mol. The van der Waals surface area contributed by atoms with E-state index in [1.165, 1.54) is 23.1 Å². The van der Waals surface area contributed by atoms with Crippen molar-refractivity contribution in [2.75, 3.05) is 38.4 Å². The molecule has 5 rings (SSSR count). The van der Waals surface area contributed by atoms with Gasteiger partial charge in [0, 0.05) is 24.1 Å². The summed E-state index contributed by atoms with van der Waals surface area (Å²) in [4.78, 5) is 15.5. The molecule has 1 saturated carbocycles. The first-order valence-corrected chi connectivity index (χ1v) is 13.7. The first-order valence-electron chi connectivity index (χ1n) is 11.8. The van der Waals surface area contributed by atoms with Crippen molar-refractivity contribution in [1.82, 2.24) is 15.1 Å². The lowest BCUT2D eigenvalue weighted by Crippen LogP contribution is -2.39. The van der Waals surface area contributed by atoms with Crippen LogP contribution in [0.4, 0.5) is 5.69 Å². The number of hydrogen-bond donors (Lipinski definition) is 1. The fourth-order valence-corrected chi connectivity index (χ4v) is 5.85. The molecule has 9 heteroatoms. The number of methoxy groups -OCH3 is 1. The lowest BCUT2D eigenvalue weighted by molar-refractivity contribution is 0.0973. The maximum Gasteiger partial charge on any atom is 0.277 e. The molecule has 8 nitrogen and oxygen atoms in total. The van der Waals surface area contributed by atoms with Crippen molar-refractivity contribution in [2.24, 2.45) is 0 Å². The van der Waals surface area contributed by atoms with E-state index in [1.807, 2.05) is 19.2 Å². The third kappa shape index (κ3) is 4.23. The molecule has 0 spiro atoms. The van der Waals surface area contributed by atoms with Crippen molar-refractivity contribution in [3.63, 3.8) is 0 Å². The standard InChI is InChI=1S/C26H30N4O4S/c1-27-16-15-26(13-14-26)18-4-6-19(7-5-18)29-17-12-22-23(25(29)31)30(28-24(22)35(3,32)33)20-8-10-21(34-2)11-9-20/h4-11,27H,12-17H2,1-3H3. The zero-order valence-electron chi connectivity index (χ0n) is 20.2. The summed E-state index contributed by atoms with van der Waals surface area (Å²) in [6, 6.07) is 15.3. The molecule has 0 radical (unpaired) electrons.